The van der Waals surface area contributed by atoms with Gasteiger partial charge >= 0.3 is 0 Å². The van der Waals surface area contributed by atoms with Crippen molar-refractivity contribution in [1.29, 1.82) is 0 Å². The van der Waals surface area contributed by atoms with Crippen molar-refractivity contribution in [1.82, 2.24) is 0 Å². The molecule has 0 aromatic heterocycles. The third-order valence-corrected chi connectivity index (χ3v) is 2.86. The summed E-state index contributed by atoms with van der Waals surface area (Å²) in [4.78, 5) is 43.2. The molecule has 0 N–H and O–H groups in total. The van der Waals surface area contributed by atoms with Crippen LogP contribution in [0.25, 0.3) is 0 Å². The first kappa shape index (κ1) is 14.3. The molecule has 0 heterocycles. The quantitative estimate of drug-likeness (QED) is 0.761. The van der Waals surface area contributed by atoms with E-state index in [0.29, 0.717) is 36.6 Å². The second-order valence-corrected chi connectivity index (χ2v) is 4.15. The molecular weight excluding hydrogens is 272 g/mol. The van der Waals surface area contributed by atoms with Crippen molar-refractivity contribution in [3.8, 4) is 11.5 Å². The SMILES string of the molecule is O=Cc1ccc(Oc2ccc(C=O)c(C=O)c2)cc1C=O. The molecule has 0 aliphatic heterocycles. The zero-order valence-electron chi connectivity index (χ0n) is 10.8. The first-order chi connectivity index (χ1) is 10.2. The maximum atomic E-state index is 10.9. The fourth-order valence-corrected chi connectivity index (χ4v) is 1.79. The molecule has 0 spiro atoms. The zero-order chi connectivity index (χ0) is 15.2. The van der Waals surface area contributed by atoms with E-state index in [1.807, 2.05) is 0 Å². The lowest BCUT2D eigenvalue weighted by molar-refractivity contribution is 0.109. The minimum Gasteiger partial charge on any atom is -0.457 e. The third kappa shape index (κ3) is 3.09. The predicted octanol–water partition coefficient (Wildman–Crippen LogP) is 2.73. The maximum Gasteiger partial charge on any atom is 0.150 e. The van der Waals surface area contributed by atoms with Gasteiger partial charge in [-0.1, -0.05) is 0 Å². The Hall–Kier alpha value is -3.08. The standard InChI is InChI=1S/C16H10O5/c17-7-11-1-3-15(5-13(11)9-19)21-16-4-2-12(8-18)14(6-16)10-20/h1-10H. The summed E-state index contributed by atoms with van der Waals surface area (Å²) in [5.74, 6) is 0.691. The lowest BCUT2D eigenvalue weighted by Gasteiger charge is -2.08. The molecule has 0 fully saturated rings. The van der Waals surface area contributed by atoms with Gasteiger partial charge in [0.2, 0.25) is 0 Å². The summed E-state index contributed by atoms with van der Waals surface area (Å²) in [5, 5.41) is 0. The van der Waals surface area contributed by atoms with Gasteiger partial charge in [-0.05, 0) is 36.4 Å². The second kappa shape index (κ2) is 6.38. The number of benzene rings is 2. The Balaban J connectivity index is 2.33. The highest BCUT2D eigenvalue weighted by Gasteiger charge is 2.07. The summed E-state index contributed by atoms with van der Waals surface area (Å²) in [7, 11) is 0. The molecule has 21 heavy (non-hydrogen) atoms. The van der Waals surface area contributed by atoms with Crippen LogP contribution in [0.4, 0.5) is 0 Å². The molecule has 0 atom stereocenters. The Bertz CT molecular complexity index is 657. The highest BCUT2D eigenvalue weighted by Crippen LogP contribution is 2.24. The molecule has 5 heteroatoms. The Morgan fingerprint density at radius 2 is 0.952 bits per heavy atom. The number of carbonyl (C=O) groups is 4. The Labute approximate surface area is 120 Å². The normalized spacial score (nSPS) is 9.71. The van der Waals surface area contributed by atoms with E-state index in [2.05, 4.69) is 0 Å². The number of hydrogen-bond donors (Lipinski definition) is 0. The summed E-state index contributed by atoms with van der Waals surface area (Å²) in [6, 6.07) is 8.84. The van der Waals surface area contributed by atoms with Crippen LogP contribution in [0, 0.1) is 0 Å². The van der Waals surface area contributed by atoms with Crippen LogP contribution in [0.2, 0.25) is 0 Å². The van der Waals surface area contributed by atoms with Crippen molar-refractivity contribution in [3.63, 3.8) is 0 Å². The van der Waals surface area contributed by atoms with Gasteiger partial charge in [-0.2, -0.15) is 0 Å². The summed E-state index contributed by atoms with van der Waals surface area (Å²) >= 11 is 0. The highest BCUT2D eigenvalue weighted by molar-refractivity contribution is 5.91. The van der Waals surface area contributed by atoms with Gasteiger partial charge in [-0.25, -0.2) is 0 Å². The number of carbonyl (C=O) groups excluding carboxylic acids is 4. The lowest BCUT2D eigenvalue weighted by atomic mass is 10.1. The monoisotopic (exact) mass is 282 g/mol. The van der Waals surface area contributed by atoms with E-state index in [9.17, 15) is 19.2 Å². The second-order valence-electron chi connectivity index (χ2n) is 4.15. The molecule has 0 saturated heterocycles. The molecule has 2 rings (SSSR count). The average molecular weight is 282 g/mol. The summed E-state index contributed by atoms with van der Waals surface area (Å²) < 4.78 is 5.51. The number of rotatable bonds is 6. The highest BCUT2D eigenvalue weighted by atomic mass is 16.5. The number of ether oxygens (including phenoxy) is 1. The minimum atomic E-state index is 0.211. The molecule has 0 unspecified atom stereocenters. The maximum absolute atomic E-state index is 10.9. The van der Waals surface area contributed by atoms with E-state index in [1.54, 1.807) is 0 Å². The minimum absolute atomic E-state index is 0.211. The van der Waals surface area contributed by atoms with Gasteiger partial charge in [-0.15, -0.1) is 0 Å². The van der Waals surface area contributed by atoms with Crippen molar-refractivity contribution < 1.29 is 23.9 Å². The molecule has 0 radical (unpaired) electrons. The first-order valence-corrected chi connectivity index (χ1v) is 5.98. The smallest absolute Gasteiger partial charge is 0.150 e. The van der Waals surface area contributed by atoms with Crippen LogP contribution in [0.1, 0.15) is 41.4 Å². The van der Waals surface area contributed by atoms with Crippen molar-refractivity contribution in [2.45, 2.75) is 0 Å². The average Bonchev–Trinajstić information content (AvgIpc) is 2.54. The van der Waals surface area contributed by atoms with Crippen LogP contribution in [-0.2, 0) is 0 Å². The van der Waals surface area contributed by atoms with Crippen molar-refractivity contribution in [2.24, 2.45) is 0 Å². The lowest BCUT2D eigenvalue weighted by Crippen LogP contribution is -1.94. The Morgan fingerprint density at radius 3 is 1.29 bits per heavy atom. The largest absolute Gasteiger partial charge is 0.457 e. The molecule has 0 aliphatic rings. The summed E-state index contributed by atoms with van der Waals surface area (Å²) in [6.45, 7) is 0. The van der Waals surface area contributed by atoms with Crippen LogP contribution < -0.4 is 4.74 Å². The molecule has 0 saturated carbocycles. The number of hydrogen-bond acceptors (Lipinski definition) is 5. The van der Waals surface area contributed by atoms with Crippen molar-refractivity contribution in [3.05, 3.63) is 58.7 Å². The molecule has 0 amide bonds. The van der Waals surface area contributed by atoms with E-state index in [-0.39, 0.29) is 22.3 Å². The van der Waals surface area contributed by atoms with Gasteiger partial charge in [0.05, 0.1) is 0 Å². The van der Waals surface area contributed by atoms with Crippen LogP contribution in [0.15, 0.2) is 36.4 Å². The van der Waals surface area contributed by atoms with Crippen LogP contribution >= 0.6 is 0 Å². The molecule has 2 aromatic rings. The van der Waals surface area contributed by atoms with Gasteiger partial charge in [0.15, 0.2) is 25.1 Å². The first-order valence-electron chi connectivity index (χ1n) is 5.98. The van der Waals surface area contributed by atoms with Gasteiger partial charge in [0, 0.05) is 22.3 Å². The van der Waals surface area contributed by atoms with Gasteiger partial charge in [-0.3, -0.25) is 19.2 Å². The third-order valence-electron chi connectivity index (χ3n) is 2.86. The van der Waals surface area contributed by atoms with Crippen LogP contribution in [-0.4, -0.2) is 25.1 Å². The van der Waals surface area contributed by atoms with E-state index < -0.39 is 0 Å². The van der Waals surface area contributed by atoms with Gasteiger partial charge in [0.1, 0.15) is 11.5 Å². The van der Waals surface area contributed by atoms with Gasteiger partial charge < -0.3 is 4.74 Å². The molecule has 5 nitrogen and oxygen atoms in total. The van der Waals surface area contributed by atoms with Crippen molar-refractivity contribution >= 4 is 25.1 Å². The zero-order valence-corrected chi connectivity index (χ0v) is 10.8. The predicted molar refractivity (Wildman–Crippen MR) is 74.5 cm³/mol. The van der Waals surface area contributed by atoms with E-state index in [4.69, 9.17) is 4.74 Å². The Morgan fingerprint density at radius 1 is 0.571 bits per heavy atom. The van der Waals surface area contributed by atoms with Crippen LogP contribution in [0.5, 0.6) is 11.5 Å². The summed E-state index contributed by atoms with van der Waals surface area (Å²) in [6.07, 6.45) is 2.28. The van der Waals surface area contributed by atoms with Crippen molar-refractivity contribution in [2.75, 3.05) is 0 Å². The molecule has 0 bridgehead atoms. The van der Waals surface area contributed by atoms with Gasteiger partial charge in [0.25, 0.3) is 0 Å². The van der Waals surface area contributed by atoms with E-state index >= 15 is 0 Å². The fraction of sp³-hybridized carbons (Fsp3) is 0. The summed E-state index contributed by atoms with van der Waals surface area (Å²) in [5.41, 5.74) is 0.953. The van der Waals surface area contributed by atoms with E-state index in [0.717, 1.165) is 0 Å². The topological polar surface area (TPSA) is 77.5 Å². The fourth-order valence-electron chi connectivity index (χ4n) is 1.79. The molecule has 2 aromatic carbocycles. The van der Waals surface area contributed by atoms with Crippen LogP contribution in [0.3, 0.4) is 0 Å². The number of aldehydes is 4. The Kier molecular flexibility index (Phi) is 4.36. The molecular formula is C16H10O5. The van der Waals surface area contributed by atoms with E-state index in [1.165, 1.54) is 36.4 Å². The molecule has 104 valence electrons. The molecule has 0 aliphatic carbocycles.